The van der Waals surface area contributed by atoms with Gasteiger partial charge in [0.1, 0.15) is 17.2 Å². The Balaban J connectivity index is 1.48. The van der Waals surface area contributed by atoms with E-state index in [1.54, 1.807) is 25.6 Å². The van der Waals surface area contributed by atoms with Crippen LogP contribution in [0.3, 0.4) is 0 Å². The average molecular weight is 446 g/mol. The molecular formula is C23H19N5O3S. The maximum atomic E-state index is 12.4. The Morgan fingerprint density at radius 2 is 2.00 bits per heavy atom. The molecule has 0 saturated carbocycles. The van der Waals surface area contributed by atoms with Crippen LogP contribution in [0.5, 0.6) is 5.75 Å². The summed E-state index contributed by atoms with van der Waals surface area (Å²) >= 11 is 1.47. The van der Waals surface area contributed by atoms with Gasteiger partial charge in [0, 0.05) is 23.6 Å². The number of nitrogens with zero attached hydrogens (tertiary/aromatic N) is 5. The molecule has 5 rings (SSSR count). The van der Waals surface area contributed by atoms with E-state index in [1.807, 2.05) is 59.2 Å². The smallest absolute Gasteiger partial charge is 0.258 e. The number of rotatable bonds is 7. The van der Waals surface area contributed by atoms with Crippen LogP contribution in [0.25, 0.3) is 17.0 Å². The van der Waals surface area contributed by atoms with E-state index < -0.39 is 0 Å². The van der Waals surface area contributed by atoms with Crippen LogP contribution in [-0.4, -0.2) is 31.3 Å². The SMILES string of the molecule is COc1cccc(-c2nnc(SCc3cc(=O)n4ccccc4n3)n2Cc2ccco2)c1. The average Bonchev–Trinajstić information content (AvgIpc) is 3.48. The Morgan fingerprint density at radius 1 is 1.06 bits per heavy atom. The molecule has 0 aliphatic heterocycles. The van der Waals surface area contributed by atoms with Crippen molar-refractivity contribution in [2.75, 3.05) is 7.11 Å². The number of ether oxygens (including phenoxy) is 1. The predicted octanol–water partition coefficient (Wildman–Crippen LogP) is 3.90. The van der Waals surface area contributed by atoms with Crippen LogP contribution in [0.2, 0.25) is 0 Å². The van der Waals surface area contributed by atoms with Gasteiger partial charge in [-0.05, 0) is 36.4 Å². The molecule has 32 heavy (non-hydrogen) atoms. The fourth-order valence-corrected chi connectivity index (χ4v) is 4.22. The first kappa shape index (κ1) is 20.1. The Morgan fingerprint density at radius 3 is 2.84 bits per heavy atom. The highest BCUT2D eigenvalue weighted by atomic mass is 32.2. The van der Waals surface area contributed by atoms with Gasteiger partial charge in [-0.2, -0.15) is 0 Å². The van der Waals surface area contributed by atoms with Crippen LogP contribution >= 0.6 is 11.8 Å². The quantitative estimate of drug-likeness (QED) is 0.351. The lowest BCUT2D eigenvalue weighted by Crippen LogP contribution is -2.14. The molecule has 4 heterocycles. The van der Waals surface area contributed by atoms with Gasteiger partial charge in [0.25, 0.3) is 5.56 Å². The highest BCUT2D eigenvalue weighted by Crippen LogP contribution is 2.28. The van der Waals surface area contributed by atoms with Crippen molar-refractivity contribution < 1.29 is 9.15 Å². The molecule has 160 valence electrons. The molecule has 0 aliphatic rings. The molecule has 0 atom stereocenters. The molecule has 0 saturated heterocycles. The number of hydrogen-bond acceptors (Lipinski definition) is 7. The van der Waals surface area contributed by atoms with E-state index in [9.17, 15) is 4.79 Å². The maximum absolute atomic E-state index is 12.4. The topological polar surface area (TPSA) is 87.5 Å². The minimum Gasteiger partial charge on any atom is -0.497 e. The number of furan rings is 1. The van der Waals surface area contributed by atoms with Crippen molar-refractivity contribution in [2.45, 2.75) is 17.5 Å². The van der Waals surface area contributed by atoms with Crippen LogP contribution in [0.15, 0.2) is 87.5 Å². The molecule has 0 unspecified atom stereocenters. The minimum absolute atomic E-state index is 0.111. The lowest BCUT2D eigenvalue weighted by Gasteiger charge is -2.10. The largest absolute Gasteiger partial charge is 0.497 e. The number of hydrogen-bond donors (Lipinski definition) is 0. The van der Waals surface area contributed by atoms with Crippen molar-refractivity contribution in [3.8, 4) is 17.1 Å². The van der Waals surface area contributed by atoms with Crippen molar-refractivity contribution in [1.29, 1.82) is 0 Å². The Kier molecular flexibility index (Phi) is 5.47. The zero-order chi connectivity index (χ0) is 21.9. The number of pyridine rings is 1. The second-order valence-electron chi connectivity index (χ2n) is 7.01. The zero-order valence-electron chi connectivity index (χ0n) is 17.2. The van der Waals surface area contributed by atoms with E-state index >= 15 is 0 Å². The van der Waals surface area contributed by atoms with Crippen molar-refractivity contribution in [3.63, 3.8) is 0 Å². The molecule has 4 aromatic heterocycles. The third-order valence-corrected chi connectivity index (χ3v) is 5.91. The summed E-state index contributed by atoms with van der Waals surface area (Å²) in [5, 5.41) is 9.54. The number of benzene rings is 1. The number of fused-ring (bicyclic) bond motifs is 1. The van der Waals surface area contributed by atoms with Crippen molar-refractivity contribution >= 4 is 17.4 Å². The third-order valence-electron chi connectivity index (χ3n) is 4.91. The first-order valence-corrected chi connectivity index (χ1v) is 10.9. The molecule has 0 bridgehead atoms. The van der Waals surface area contributed by atoms with Crippen molar-refractivity contribution in [2.24, 2.45) is 0 Å². The number of aromatic nitrogens is 5. The van der Waals surface area contributed by atoms with Gasteiger partial charge in [0.2, 0.25) is 0 Å². The first-order valence-electron chi connectivity index (χ1n) is 9.91. The molecule has 0 amide bonds. The molecule has 0 spiro atoms. The van der Waals surface area contributed by atoms with Crippen LogP contribution in [0, 0.1) is 0 Å². The van der Waals surface area contributed by atoms with Crippen molar-refractivity contribution in [1.82, 2.24) is 24.1 Å². The van der Waals surface area contributed by atoms with E-state index in [1.165, 1.54) is 16.2 Å². The third kappa shape index (κ3) is 4.02. The number of thioether (sulfide) groups is 1. The van der Waals surface area contributed by atoms with Gasteiger partial charge in [-0.25, -0.2) is 4.98 Å². The first-order chi connectivity index (χ1) is 15.7. The van der Waals surface area contributed by atoms with Gasteiger partial charge in [-0.15, -0.1) is 10.2 Å². The number of methoxy groups -OCH3 is 1. The van der Waals surface area contributed by atoms with E-state index in [2.05, 4.69) is 15.2 Å². The summed E-state index contributed by atoms with van der Waals surface area (Å²) in [6.07, 6.45) is 3.35. The summed E-state index contributed by atoms with van der Waals surface area (Å²) in [6, 6.07) is 18.5. The van der Waals surface area contributed by atoms with Gasteiger partial charge in [0.05, 0.1) is 25.6 Å². The van der Waals surface area contributed by atoms with E-state index in [4.69, 9.17) is 9.15 Å². The second kappa shape index (κ2) is 8.72. The highest BCUT2D eigenvalue weighted by molar-refractivity contribution is 7.98. The highest BCUT2D eigenvalue weighted by Gasteiger charge is 2.17. The second-order valence-corrected chi connectivity index (χ2v) is 7.95. The van der Waals surface area contributed by atoms with Gasteiger partial charge in [-0.1, -0.05) is 30.0 Å². The minimum atomic E-state index is -0.111. The monoisotopic (exact) mass is 445 g/mol. The normalized spacial score (nSPS) is 11.2. The van der Waals surface area contributed by atoms with Crippen LogP contribution < -0.4 is 10.3 Å². The van der Waals surface area contributed by atoms with Gasteiger partial charge in [0.15, 0.2) is 11.0 Å². The molecule has 0 aliphatic carbocycles. The van der Waals surface area contributed by atoms with Crippen LogP contribution in [0.4, 0.5) is 0 Å². The molecular weight excluding hydrogens is 426 g/mol. The summed E-state index contributed by atoms with van der Waals surface area (Å²) in [7, 11) is 1.63. The standard InChI is InChI=1S/C23H19N5O3S/c1-30-18-7-4-6-16(12-18)22-25-26-23(28(22)14-19-8-5-11-31-19)32-15-17-13-21(29)27-10-3-2-9-20(27)24-17/h2-13H,14-15H2,1H3. The summed E-state index contributed by atoms with van der Waals surface area (Å²) in [5.74, 6) is 2.71. The Labute approximate surface area is 187 Å². The van der Waals surface area contributed by atoms with Gasteiger partial charge < -0.3 is 9.15 Å². The van der Waals surface area contributed by atoms with Crippen LogP contribution in [-0.2, 0) is 12.3 Å². The molecule has 0 fully saturated rings. The predicted molar refractivity (Wildman–Crippen MR) is 121 cm³/mol. The van der Waals surface area contributed by atoms with E-state index in [0.29, 0.717) is 34.6 Å². The fraction of sp³-hybridized carbons (Fsp3) is 0.130. The zero-order valence-corrected chi connectivity index (χ0v) is 18.0. The van der Waals surface area contributed by atoms with E-state index in [-0.39, 0.29) is 5.56 Å². The molecule has 5 aromatic rings. The lowest BCUT2D eigenvalue weighted by atomic mass is 10.2. The van der Waals surface area contributed by atoms with Gasteiger partial charge in [-0.3, -0.25) is 13.8 Å². The van der Waals surface area contributed by atoms with Crippen LogP contribution in [0.1, 0.15) is 11.5 Å². The summed E-state index contributed by atoms with van der Waals surface area (Å²) in [5.41, 5.74) is 2.07. The fourth-order valence-electron chi connectivity index (χ4n) is 3.39. The summed E-state index contributed by atoms with van der Waals surface area (Å²) in [6.45, 7) is 0.475. The molecule has 1 aromatic carbocycles. The van der Waals surface area contributed by atoms with E-state index in [0.717, 1.165) is 17.1 Å². The molecule has 9 heteroatoms. The molecule has 8 nitrogen and oxygen atoms in total. The summed E-state index contributed by atoms with van der Waals surface area (Å²) in [4.78, 5) is 17.0. The lowest BCUT2D eigenvalue weighted by molar-refractivity contribution is 0.415. The Bertz CT molecular complexity index is 1430. The maximum Gasteiger partial charge on any atom is 0.258 e. The Hall–Kier alpha value is -3.85. The molecule has 0 N–H and O–H groups in total. The molecule has 0 radical (unpaired) electrons. The summed E-state index contributed by atoms with van der Waals surface area (Å²) < 4.78 is 14.4. The van der Waals surface area contributed by atoms with Gasteiger partial charge >= 0.3 is 0 Å². The van der Waals surface area contributed by atoms with Crippen molar-refractivity contribution in [3.05, 3.63) is 94.9 Å².